The van der Waals surface area contributed by atoms with Crippen LogP contribution in [0, 0.1) is 5.92 Å². The lowest BCUT2D eigenvalue weighted by Crippen LogP contribution is -2.16. The van der Waals surface area contributed by atoms with Crippen LogP contribution in [-0.2, 0) is 0 Å². The molecular weight excluding hydrogens is 701 g/mol. The first kappa shape index (κ1) is 35.0. The monoisotopic (exact) mass is 740 g/mol. The van der Waals surface area contributed by atoms with Gasteiger partial charge < -0.3 is 0 Å². The molecule has 0 aliphatic heterocycles. The first-order valence-electron chi connectivity index (χ1n) is 19.9. The van der Waals surface area contributed by atoms with Crippen molar-refractivity contribution in [3.05, 3.63) is 235 Å². The first-order valence-corrected chi connectivity index (χ1v) is 19.9. The third kappa shape index (κ3) is 6.16. The molecule has 2 aliphatic rings. The van der Waals surface area contributed by atoms with Gasteiger partial charge in [0.25, 0.3) is 0 Å². The minimum Gasteiger partial charge on any atom is -0.228 e. The van der Waals surface area contributed by atoms with Gasteiger partial charge in [-0.05, 0) is 78.5 Å². The van der Waals surface area contributed by atoms with E-state index in [1.807, 2.05) is 18.2 Å². The predicted octanol–water partition coefficient (Wildman–Crippen LogP) is 14.5. The molecule has 0 radical (unpaired) electrons. The molecule has 2 unspecified atom stereocenters. The molecule has 2 heteroatoms. The standard InChI is InChI=1S/C56H40N2/c1-3-44-45(4-2)55(50-29-16-15-28-49(50)54(44)40-20-9-6-10-21-40)42-23-17-24-43(34-42)56-57-52(38-18-7-5-8-19-38)36-53(58-56)39-32-30-37(31-33-39)51-35-41-22-11-12-25-46(41)47-26-13-14-27-48(47)51/h3-36,41,46H,1-2H2. The fourth-order valence-electron chi connectivity index (χ4n) is 8.91. The zero-order valence-electron chi connectivity index (χ0n) is 32.1. The first-order chi connectivity index (χ1) is 28.7. The van der Waals surface area contributed by atoms with Gasteiger partial charge in [-0.1, -0.05) is 207 Å². The van der Waals surface area contributed by atoms with Crippen molar-refractivity contribution >= 4 is 28.5 Å². The number of benzene rings is 7. The Morgan fingerprint density at radius 2 is 0.983 bits per heavy atom. The van der Waals surface area contributed by atoms with Crippen molar-refractivity contribution in [1.82, 2.24) is 9.97 Å². The molecule has 58 heavy (non-hydrogen) atoms. The lowest BCUT2D eigenvalue weighted by atomic mass is 9.73. The summed E-state index contributed by atoms with van der Waals surface area (Å²) in [5.41, 5.74) is 16.5. The van der Waals surface area contributed by atoms with Crippen LogP contribution in [0.4, 0.5) is 0 Å². The van der Waals surface area contributed by atoms with E-state index in [2.05, 4.69) is 201 Å². The van der Waals surface area contributed by atoms with Gasteiger partial charge in [-0.15, -0.1) is 0 Å². The maximum atomic E-state index is 5.28. The van der Waals surface area contributed by atoms with Crippen molar-refractivity contribution in [3.63, 3.8) is 0 Å². The molecule has 2 atom stereocenters. The number of hydrogen-bond acceptors (Lipinski definition) is 2. The van der Waals surface area contributed by atoms with Crippen LogP contribution in [0.15, 0.2) is 207 Å². The molecule has 7 aromatic carbocycles. The summed E-state index contributed by atoms with van der Waals surface area (Å²) < 4.78 is 0. The van der Waals surface area contributed by atoms with Gasteiger partial charge in [0.15, 0.2) is 5.82 Å². The molecule has 0 fully saturated rings. The number of aromatic nitrogens is 2. The van der Waals surface area contributed by atoms with Crippen molar-refractivity contribution in [2.45, 2.75) is 5.92 Å². The molecule has 274 valence electrons. The summed E-state index contributed by atoms with van der Waals surface area (Å²) in [6.07, 6.45) is 15.3. The lowest BCUT2D eigenvalue weighted by molar-refractivity contribution is 0.689. The lowest BCUT2D eigenvalue weighted by Gasteiger charge is -2.31. The van der Waals surface area contributed by atoms with E-state index in [-0.39, 0.29) is 0 Å². The summed E-state index contributed by atoms with van der Waals surface area (Å²) in [7, 11) is 0. The van der Waals surface area contributed by atoms with Crippen LogP contribution >= 0.6 is 0 Å². The largest absolute Gasteiger partial charge is 0.228 e. The van der Waals surface area contributed by atoms with Crippen LogP contribution in [-0.4, -0.2) is 9.97 Å². The molecule has 0 amide bonds. The fraction of sp³-hybridized carbons (Fsp3) is 0.0357. The van der Waals surface area contributed by atoms with E-state index in [9.17, 15) is 0 Å². The molecule has 1 aromatic heterocycles. The van der Waals surface area contributed by atoms with Gasteiger partial charge in [-0.2, -0.15) is 0 Å². The quantitative estimate of drug-likeness (QED) is 0.155. The molecular formula is C56H40N2. The minimum absolute atomic E-state index is 0.342. The van der Waals surface area contributed by atoms with E-state index >= 15 is 0 Å². The summed E-state index contributed by atoms with van der Waals surface area (Å²) in [6.45, 7) is 8.61. The Hall–Kier alpha value is -7.42. The van der Waals surface area contributed by atoms with Gasteiger partial charge >= 0.3 is 0 Å². The molecule has 0 N–H and O–H groups in total. The highest BCUT2D eigenvalue weighted by atomic mass is 14.9. The highest BCUT2D eigenvalue weighted by molar-refractivity contribution is 6.11. The molecule has 2 nitrogen and oxygen atoms in total. The third-order valence-corrected chi connectivity index (χ3v) is 11.6. The Bertz CT molecular complexity index is 2970. The molecule has 1 heterocycles. The van der Waals surface area contributed by atoms with Crippen molar-refractivity contribution in [2.75, 3.05) is 0 Å². The second kappa shape index (κ2) is 14.9. The van der Waals surface area contributed by atoms with Crippen LogP contribution in [0.1, 0.15) is 33.7 Å². The zero-order chi connectivity index (χ0) is 39.0. The van der Waals surface area contributed by atoms with E-state index in [0.29, 0.717) is 17.7 Å². The Morgan fingerprint density at radius 1 is 0.448 bits per heavy atom. The van der Waals surface area contributed by atoms with Gasteiger partial charge in [0, 0.05) is 28.5 Å². The normalized spacial score (nSPS) is 15.3. The van der Waals surface area contributed by atoms with Crippen molar-refractivity contribution in [1.29, 1.82) is 0 Å². The van der Waals surface area contributed by atoms with Gasteiger partial charge in [-0.25, -0.2) is 9.97 Å². The van der Waals surface area contributed by atoms with E-state index in [1.54, 1.807) is 0 Å². The van der Waals surface area contributed by atoms with Crippen LogP contribution in [0.2, 0.25) is 0 Å². The second-order valence-electron chi connectivity index (χ2n) is 14.9. The summed E-state index contributed by atoms with van der Waals surface area (Å²) in [5, 5.41) is 2.32. The number of hydrogen-bond donors (Lipinski definition) is 0. The molecule has 0 bridgehead atoms. The van der Waals surface area contributed by atoms with Crippen molar-refractivity contribution in [3.8, 4) is 56.2 Å². The maximum absolute atomic E-state index is 5.28. The Labute approximate surface area is 340 Å². The number of nitrogens with zero attached hydrogens (tertiary/aromatic N) is 2. The Kier molecular flexibility index (Phi) is 9.01. The van der Waals surface area contributed by atoms with E-state index < -0.39 is 0 Å². The Balaban J connectivity index is 1.09. The second-order valence-corrected chi connectivity index (χ2v) is 14.9. The predicted molar refractivity (Wildman–Crippen MR) is 245 cm³/mol. The van der Waals surface area contributed by atoms with Gasteiger partial charge in [-0.3, -0.25) is 0 Å². The average molecular weight is 741 g/mol. The van der Waals surface area contributed by atoms with Gasteiger partial charge in [0.05, 0.1) is 11.4 Å². The van der Waals surface area contributed by atoms with Gasteiger partial charge in [0.1, 0.15) is 0 Å². The number of allylic oxidation sites excluding steroid dienone is 5. The van der Waals surface area contributed by atoms with Crippen LogP contribution in [0.5, 0.6) is 0 Å². The molecule has 8 aromatic rings. The number of fused-ring (bicyclic) bond motifs is 4. The zero-order valence-corrected chi connectivity index (χ0v) is 32.1. The highest BCUT2D eigenvalue weighted by Crippen LogP contribution is 2.45. The third-order valence-electron chi connectivity index (χ3n) is 11.6. The molecule has 10 rings (SSSR count). The van der Waals surface area contributed by atoms with Crippen LogP contribution in [0.25, 0.3) is 84.7 Å². The van der Waals surface area contributed by atoms with Crippen LogP contribution < -0.4 is 0 Å². The van der Waals surface area contributed by atoms with Crippen molar-refractivity contribution < 1.29 is 0 Å². The van der Waals surface area contributed by atoms with Crippen LogP contribution in [0.3, 0.4) is 0 Å². The van der Waals surface area contributed by atoms with E-state index in [0.717, 1.165) is 66.8 Å². The molecule has 0 spiro atoms. The summed E-state index contributed by atoms with van der Waals surface area (Å²) in [4.78, 5) is 10.5. The topological polar surface area (TPSA) is 25.8 Å². The highest BCUT2D eigenvalue weighted by Gasteiger charge is 2.28. The summed E-state index contributed by atoms with van der Waals surface area (Å²) in [5.74, 6) is 1.39. The Morgan fingerprint density at radius 3 is 1.67 bits per heavy atom. The molecule has 0 saturated carbocycles. The molecule has 0 saturated heterocycles. The minimum atomic E-state index is 0.342. The van der Waals surface area contributed by atoms with E-state index in [4.69, 9.17) is 9.97 Å². The van der Waals surface area contributed by atoms with E-state index in [1.165, 1.54) is 27.6 Å². The summed E-state index contributed by atoms with van der Waals surface area (Å²) in [6, 6.07) is 58.0. The van der Waals surface area contributed by atoms with Gasteiger partial charge in [0.2, 0.25) is 0 Å². The average Bonchev–Trinajstić information content (AvgIpc) is 3.31. The summed E-state index contributed by atoms with van der Waals surface area (Å²) >= 11 is 0. The fourth-order valence-corrected chi connectivity index (χ4v) is 8.91. The molecule has 2 aliphatic carbocycles. The number of rotatable bonds is 8. The maximum Gasteiger partial charge on any atom is 0.160 e. The smallest absolute Gasteiger partial charge is 0.160 e. The SMILES string of the molecule is C=Cc1c(C=C)c(-c2cccc(-c3nc(-c4ccccc4)cc(-c4ccc(C5=CC6C=CC=CC6c6ccccc65)cc4)n3)c2)c2ccccc2c1-c1ccccc1. The van der Waals surface area contributed by atoms with Crippen molar-refractivity contribution in [2.24, 2.45) is 5.92 Å².